The number of aliphatic hydroxyl groups is 3. The largest absolute Gasteiger partial charge is 0.481 e. The first-order chi connectivity index (χ1) is 13.6. The van der Waals surface area contributed by atoms with Crippen molar-refractivity contribution in [3.63, 3.8) is 0 Å². The van der Waals surface area contributed by atoms with E-state index >= 15 is 0 Å². The molecule has 0 aromatic rings. The SMILES string of the molecule is C[C@@H](C1CC[C@H]2[C@@H]3[C@H](O)CC4C[C@H](O)CC[C@]4(C)[C@H]3CC[C@]12C)[C@H](O)CC(=O)O. The van der Waals surface area contributed by atoms with Crippen molar-refractivity contribution in [2.75, 3.05) is 0 Å². The Morgan fingerprint density at radius 3 is 2.34 bits per heavy atom. The number of rotatable bonds is 4. The van der Waals surface area contributed by atoms with Gasteiger partial charge >= 0.3 is 5.97 Å². The van der Waals surface area contributed by atoms with E-state index in [1.807, 2.05) is 6.92 Å². The highest BCUT2D eigenvalue weighted by Crippen LogP contribution is 2.68. The van der Waals surface area contributed by atoms with E-state index in [-0.39, 0.29) is 35.4 Å². The molecule has 4 aliphatic carbocycles. The zero-order valence-electron chi connectivity index (χ0n) is 18.3. The molecule has 0 heterocycles. The number of carboxylic acid groups (broad SMARTS) is 1. The second-order valence-corrected chi connectivity index (χ2v) is 11.5. The first-order valence-corrected chi connectivity index (χ1v) is 11.8. The van der Waals surface area contributed by atoms with E-state index in [4.69, 9.17) is 5.11 Å². The first kappa shape index (κ1) is 21.6. The van der Waals surface area contributed by atoms with Gasteiger partial charge in [-0.3, -0.25) is 4.79 Å². The molecule has 0 aliphatic heterocycles. The van der Waals surface area contributed by atoms with Crippen molar-refractivity contribution in [2.45, 2.75) is 96.9 Å². The average molecular weight is 409 g/mol. The summed E-state index contributed by atoms with van der Waals surface area (Å²) in [7, 11) is 0. The van der Waals surface area contributed by atoms with Gasteiger partial charge in [-0.15, -0.1) is 0 Å². The van der Waals surface area contributed by atoms with Crippen LogP contribution in [0.5, 0.6) is 0 Å². The Morgan fingerprint density at radius 2 is 1.66 bits per heavy atom. The van der Waals surface area contributed by atoms with Gasteiger partial charge in [0, 0.05) is 0 Å². The molecular weight excluding hydrogens is 368 g/mol. The van der Waals surface area contributed by atoms with Crippen molar-refractivity contribution in [1.82, 2.24) is 0 Å². The zero-order valence-corrected chi connectivity index (χ0v) is 18.3. The van der Waals surface area contributed by atoms with Gasteiger partial charge in [-0.05, 0) is 97.7 Å². The Hall–Kier alpha value is -0.650. The molecule has 0 bridgehead atoms. The first-order valence-electron chi connectivity index (χ1n) is 11.8. The molecule has 29 heavy (non-hydrogen) atoms. The van der Waals surface area contributed by atoms with Crippen LogP contribution < -0.4 is 0 Å². The van der Waals surface area contributed by atoms with Crippen molar-refractivity contribution in [1.29, 1.82) is 0 Å². The topological polar surface area (TPSA) is 98.0 Å². The highest BCUT2D eigenvalue weighted by Gasteiger charge is 2.63. The zero-order chi connectivity index (χ0) is 21.1. The predicted molar refractivity (Wildman–Crippen MR) is 110 cm³/mol. The molecule has 166 valence electrons. The maximum Gasteiger partial charge on any atom is 0.305 e. The van der Waals surface area contributed by atoms with E-state index in [1.54, 1.807) is 0 Å². The molecule has 4 N–H and O–H groups in total. The molecule has 4 rings (SSSR count). The Labute approximate surface area is 174 Å². The minimum atomic E-state index is -0.936. The Morgan fingerprint density at radius 1 is 1.00 bits per heavy atom. The van der Waals surface area contributed by atoms with Crippen LogP contribution in [0.15, 0.2) is 0 Å². The summed E-state index contributed by atoms with van der Waals surface area (Å²) in [5, 5.41) is 41.1. The second kappa shape index (κ2) is 7.49. The van der Waals surface area contributed by atoms with Gasteiger partial charge in [0.25, 0.3) is 0 Å². The number of aliphatic carboxylic acids is 1. The number of carbonyl (C=O) groups is 1. The third-order valence-electron chi connectivity index (χ3n) is 10.4. The number of aliphatic hydroxyl groups excluding tert-OH is 3. The van der Waals surface area contributed by atoms with E-state index in [2.05, 4.69) is 13.8 Å². The molecule has 0 saturated heterocycles. The van der Waals surface area contributed by atoms with Crippen LogP contribution in [0.3, 0.4) is 0 Å². The maximum absolute atomic E-state index is 11.2. The maximum atomic E-state index is 11.2. The highest BCUT2D eigenvalue weighted by atomic mass is 16.4. The lowest BCUT2D eigenvalue weighted by atomic mass is 9.43. The van der Waals surface area contributed by atoms with Crippen molar-refractivity contribution in [3.8, 4) is 0 Å². The van der Waals surface area contributed by atoms with Gasteiger partial charge in [0.15, 0.2) is 0 Å². The van der Waals surface area contributed by atoms with Gasteiger partial charge in [0.1, 0.15) is 0 Å². The lowest BCUT2D eigenvalue weighted by Crippen LogP contribution is -2.58. The van der Waals surface area contributed by atoms with E-state index in [0.717, 1.165) is 51.4 Å². The molecule has 11 atom stereocenters. The summed E-state index contributed by atoms with van der Waals surface area (Å²) in [6.07, 6.45) is 6.40. The fourth-order valence-electron chi connectivity index (χ4n) is 8.74. The van der Waals surface area contributed by atoms with Crippen LogP contribution >= 0.6 is 0 Å². The highest BCUT2D eigenvalue weighted by molar-refractivity contribution is 5.67. The summed E-state index contributed by atoms with van der Waals surface area (Å²) in [4.78, 5) is 11.1. The van der Waals surface area contributed by atoms with E-state index < -0.39 is 12.1 Å². The number of fused-ring (bicyclic) bond motifs is 5. The van der Waals surface area contributed by atoms with Crippen LogP contribution in [0.1, 0.15) is 78.6 Å². The molecule has 4 aliphatic rings. The molecule has 4 saturated carbocycles. The molecule has 0 aromatic carbocycles. The van der Waals surface area contributed by atoms with Crippen LogP contribution in [0, 0.1) is 46.3 Å². The van der Waals surface area contributed by atoms with Crippen LogP contribution in [0.2, 0.25) is 0 Å². The quantitative estimate of drug-likeness (QED) is 0.571. The molecule has 5 nitrogen and oxygen atoms in total. The third kappa shape index (κ3) is 3.36. The Bertz CT molecular complexity index is 637. The van der Waals surface area contributed by atoms with Gasteiger partial charge in [-0.25, -0.2) is 0 Å². The fourth-order valence-corrected chi connectivity index (χ4v) is 8.74. The van der Waals surface area contributed by atoms with Crippen LogP contribution in [0.25, 0.3) is 0 Å². The van der Waals surface area contributed by atoms with Gasteiger partial charge in [-0.1, -0.05) is 20.8 Å². The van der Waals surface area contributed by atoms with Crippen molar-refractivity contribution in [3.05, 3.63) is 0 Å². The van der Waals surface area contributed by atoms with Crippen LogP contribution in [0.4, 0.5) is 0 Å². The van der Waals surface area contributed by atoms with Crippen LogP contribution in [-0.2, 0) is 4.79 Å². The summed E-state index contributed by atoms with van der Waals surface area (Å²) in [5.41, 5.74) is 0.287. The van der Waals surface area contributed by atoms with Crippen molar-refractivity contribution < 1.29 is 25.2 Å². The van der Waals surface area contributed by atoms with Crippen molar-refractivity contribution >= 4 is 5.97 Å². The van der Waals surface area contributed by atoms with Gasteiger partial charge in [0.05, 0.1) is 24.7 Å². The van der Waals surface area contributed by atoms with Crippen molar-refractivity contribution in [2.24, 2.45) is 46.3 Å². The Balaban J connectivity index is 1.57. The van der Waals surface area contributed by atoms with Gasteiger partial charge in [0.2, 0.25) is 0 Å². The lowest BCUT2D eigenvalue weighted by molar-refractivity contribution is -0.175. The average Bonchev–Trinajstić information content (AvgIpc) is 2.99. The monoisotopic (exact) mass is 408 g/mol. The Kier molecular flexibility index (Phi) is 5.57. The number of hydrogen-bond acceptors (Lipinski definition) is 4. The van der Waals surface area contributed by atoms with E-state index in [0.29, 0.717) is 29.6 Å². The summed E-state index contributed by atoms with van der Waals surface area (Å²) >= 11 is 0. The van der Waals surface area contributed by atoms with E-state index in [9.17, 15) is 20.1 Å². The molecular formula is C24H40O5. The minimum absolute atomic E-state index is 0.0356. The molecule has 2 unspecified atom stereocenters. The molecule has 4 fully saturated rings. The normalized spacial score (nSPS) is 51.4. The summed E-state index contributed by atoms with van der Waals surface area (Å²) in [5.74, 6) is 1.03. The summed E-state index contributed by atoms with van der Waals surface area (Å²) in [6.45, 7) is 6.79. The molecule has 0 aromatic heterocycles. The second-order valence-electron chi connectivity index (χ2n) is 11.5. The molecule has 0 spiro atoms. The number of carboxylic acids is 1. The predicted octanol–water partition coefficient (Wildman–Crippen LogP) is 3.45. The molecule has 5 heteroatoms. The van der Waals surface area contributed by atoms with E-state index in [1.165, 1.54) is 0 Å². The minimum Gasteiger partial charge on any atom is -0.481 e. The summed E-state index contributed by atoms with van der Waals surface area (Å²) < 4.78 is 0. The van der Waals surface area contributed by atoms with Gasteiger partial charge < -0.3 is 20.4 Å². The van der Waals surface area contributed by atoms with Gasteiger partial charge in [-0.2, -0.15) is 0 Å². The molecule has 0 radical (unpaired) electrons. The number of hydrogen-bond donors (Lipinski definition) is 4. The summed E-state index contributed by atoms with van der Waals surface area (Å²) in [6, 6.07) is 0. The van der Waals surface area contributed by atoms with Crippen LogP contribution in [-0.4, -0.2) is 44.7 Å². The third-order valence-corrected chi connectivity index (χ3v) is 10.4. The fraction of sp³-hybridized carbons (Fsp3) is 0.958. The standard InChI is InChI=1S/C24H40O5/c1-13(19(26)12-21(28)29)16-4-5-17-22-18(7-9-24(16,17)3)23(2)8-6-15(25)10-14(23)11-20(22)27/h13-20,22,25-27H,4-12H2,1-3H3,(H,28,29)/t13-,14?,15+,16?,17-,18-,19+,20+,22-,23-,24+/m0/s1. The smallest absolute Gasteiger partial charge is 0.305 e. The lowest BCUT2D eigenvalue weighted by Gasteiger charge is -2.62. The molecule has 0 amide bonds.